The third kappa shape index (κ3) is 5.02. The molecule has 6 nitrogen and oxygen atoms in total. The second-order valence-electron chi connectivity index (χ2n) is 5.93. The predicted octanol–water partition coefficient (Wildman–Crippen LogP) is 3.53. The average molecular weight is 388 g/mol. The maximum absolute atomic E-state index is 12.7. The van der Waals surface area contributed by atoms with Crippen molar-refractivity contribution in [3.63, 3.8) is 0 Å². The third-order valence-corrected chi connectivity index (χ3v) is 3.81. The van der Waals surface area contributed by atoms with Gasteiger partial charge in [0, 0.05) is 18.4 Å². The third-order valence-electron chi connectivity index (χ3n) is 3.81. The van der Waals surface area contributed by atoms with Crippen LogP contribution in [0.5, 0.6) is 5.75 Å². The Balaban J connectivity index is 1.55. The van der Waals surface area contributed by atoms with E-state index in [4.69, 9.17) is 0 Å². The van der Waals surface area contributed by atoms with Gasteiger partial charge in [0.05, 0.1) is 24.0 Å². The van der Waals surface area contributed by atoms with Crippen LogP contribution < -0.4 is 15.6 Å². The summed E-state index contributed by atoms with van der Waals surface area (Å²) in [6.45, 7) is 0. The highest BCUT2D eigenvalue weighted by Gasteiger charge is 2.48. The standard InChI is InChI=1S/C16H13F5N4O2/c17-15(18)5-10(6-15)14(26)25-24-13-8-22-12(7-23-13)9-1-3-11(4-2-9)27-16(19,20)21/h1-4,7-8,10H,5-6H2,(H,23,24)(H,25,26). The summed E-state index contributed by atoms with van der Waals surface area (Å²) in [6, 6.07) is 5.06. The van der Waals surface area contributed by atoms with Crippen molar-refractivity contribution in [2.75, 3.05) is 5.43 Å². The molecule has 1 aromatic heterocycles. The van der Waals surface area contributed by atoms with E-state index in [1.807, 2.05) is 0 Å². The van der Waals surface area contributed by atoms with Crippen LogP contribution >= 0.6 is 0 Å². The lowest BCUT2D eigenvalue weighted by Gasteiger charge is -2.33. The number of hydrogen-bond acceptors (Lipinski definition) is 5. The van der Waals surface area contributed by atoms with Gasteiger partial charge in [-0.3, -0.25) is 20.6 Å². The number of ether oxygens (including phenoxy) is 1. The molecule has 11 heteroatoms. The maximum Gasteiger partial charge on any atom is 0.573 e. The average Bonchev–Trinajstić information content (AvgIpc) is 2.57. The zero-order valence-corrected chi connectivity index (χ0v) is 13.6. The Morgan fingerprint density at radius 3 is 2.30 bits per heavy atom. The summed E-state index contributed by atoms with van der Waals surface area (Å²) in [5.41, 5.74) is 5.63. The van der Waals surface area contributed by atoms with Gasteiger partial charge in [0.1, 0.15) is 5.75 Å². The number of hydrazine groups is 1. The lowest BCUT2D eigenvalue weighted by molar-refractivity contribution is -0.274. The SMILES string of the molecule is O=C(NNc1cnc(-c2ccc(OC(F)(F)F)cc2)cn1)C1CC(F)(F)C1. The van der Waals surface area contributed by atoms with Crippen molar-refractivity contribution >= 4 is 11.7 Å². The second kappa shape index (κ2) is 6.97. The molecule has 1 aromatic carbocycles. The summed E-state index contributed by atoms with van der Waals surface area (Å²) in [6.07, 6.45) is -3.12. The molecule has 0 radical (unpaired) electrons. The Kier molecular flexibility index (Phi) is 4.85. The van der Waals surface area contributed by atoms with Gasteiger partial charge in [0.25, 0.3) is 0 Å². The molecule has 2 aromatic rings. The fourth-order valence-corrected chi connectivity index (χ4v) is 2.44. The van der Waals surface area contributed by atoms with E-state index in [9.17, 15) is 26.7 Å². The van der Waals surface area contributed by atoms with Crippen LogP contribution in [0, 0.1) is 5.92 Å². The molecule has 0 unspecified atom stereocenters. The molecule has 0 atom stereocenters. The van der Waals surface area contributed by atoms with E-state index in [2.05, 4.69) is 25.6 Å². The molecule has 2 N–H and O–H groups in total. The van der Waals surface area contributed by atoms with E-state index in [1.165, 1.54) is 24.5 Å². The Labute approximate surface area is 149 Å². The lowest BCUT2D eigenvalue weighted by atomic mass is 9.81. The molecule has 0 aliphatic heterocycles. The van der Waals surface area contributed by atoms with Crippen LogP contribution in [0.3, 0.4) is 0 Å². The van der Waals surface area contributed by atoms with E-state index in [0.29, 0.717) is 11.3 Å². The van der Waals surface area contributed by atoms with Crippen LogP contribution in [0.25, 0.3) is 11.3 Å². The number of nitrogens with one attached hydrogen (secondary N) is 2. The van der Waals surface area contributed by atoms with E-state index in [-0.39, 0.29) is 11.6 Å². The topological polar surface area (TPSA) is 76.1 Å². The first-order valence-corrected chi connectivity index (χ1v) is 7.73. The van der Waals surface area contributed by atoms with Crippen LogP contribution in [0.1, 0.15) is 12.8 Å². The molecule has 3 rings (SSSR count). The zero-order chi connectivity index (χ0) is 19.7. The van der Waals surface area contributed by atoms with Crippen molar-refractivity contribution in [3.8, 4) is 17.0 Å². The van der Waals surface area contributed by atoms with Crippen molar-refractivity contribution < 1.29 is 31.5 Å². The molecule has 144 valence electrons. The Hall–Kier alpha value is -2.98. The van der Waals surface area contributed by atoms with Gasteiger partial charge in [-0.2, -0.15) is 0 Å². The number of anilines is 1. The molecule has 0 saturated heterocycles. The van der Waals surface area contributed by atoms with Gasteiger partial charge >= 0.3 is 6.36 Å². The van der Waals surface area contributed by atoms with E-state index in [1.54, 1.807) is 0 Å². The maximum atomic E-state index is 12.7. The monoisotopic (exact) mass is 388 g/mol. The number of benzene rings is 1. The van der Waals surface area contributed by atoms with Crippen LogP contribution in [-0.4, -0.2) is 28.2 Å². The molecule has 1 saturated carbocycles. The minimum absolute atomic E-state index is 0.176. The van der Waals surface area contributed by atoms with Crippen LogP contribution in [0.2, 0.25) is 0 Å². The highest BCUT2D eigenvalue weighted by atomic mass is 19.4. The largest absolute Gasteiger partial charge is 0.573 e. The fourth-order valence-electron chi connectivity index (χ4n) is 2.44. The first kappa shape index (κ1) is 18.8. The van der Waals surface area contributed by atoms with E-state index in [0.717, 1.165) is 12.1 Å². The number of aromatic nitrogens is 2. The van der Waals surface area contributed by atoms with Crippen molar-refractivity contribution in [3.05, 3.63) is 36.7 Å². The first-order valence-electron chi connectivity index (χ1n) is 7.73. The number of carbonyl (C=O) groups excluding carboxylic acids is 1. The molecule has 1 aliphatic rings. The molecule has 1 fully saturated rings. The van der Waals surface area contributed by atoms with Crippen LogP contribution in [0.15, 0.2) is 36.7 Å². The van der Waals surface area contributed by atoms with Gasteiger partial charge in [0.15, 0.2) is 5.82 Å². The quantitative estimate of drug-likeness (QED) is 0.606. The van der Waals surface area contributed by atoms with E-state index < -0.39 is 37.0 Å². The second-order valence-corrected chi connectivity index (χ2v) is 5.93. The number of nitrogens with zero attached hydrogens (tertiary/aromatic N) is 2. The Morgan fingerprint density at radius 1 is 1.11 bits per heavy atom. The number of hydrogen-bond donors (Lipinski definition) is 2. The molecule has 0 bridgehead atoms. The summed E-state index contributed by atoms with van der Waals surface area (Å²) < 4.78 is 65.7. The number of amides is 1. The summed E-state index contributed by atoms with van der Waals surface area (Å²) in [5, 5.41) is 0. The van der Waals surface area contributed by atoms with Crippen molar-refractivity contribution in [1.29, 1.82) is 0 Å². The predicted molar refractivity (Wildman–Crippen MR) is 83.6 cm³/mol. The fraction of sp³-hybridized carbons (Fsp3) is 0.312. The number of rotatable bonds is 5. The van der Waals surface area contributed by atoms with Gasteiger partial charge in [-0.1, -0.05) is 0 Å². The number of halogens is 5. The highest BCUT2D eigenvalue weighted by Crippen LogP contribution is 2.42. The van der Waals surface area contributed by atoms with Gasteiger partial charge in [-0.05, 0) is 24.3 Å². The van der Waals surface area contributed by atoms with Crippen LogP contribution in [0.4, 0.5) is 27.8 Å². The summed E-state index contributed by atoms with van der Waals surface area (Å²) in [5.74, 6) is -4.29. The smallest absolute Gasteiger partial charge is 0.406 e. The molecule has 0 spiro atoms. The number of carbonyl (C=O) groups is 1. The molecular weight excluding hydrogens is 375 g/mol. The normalized spacial score (nSPS) is 16.3. The minimum atomic E-state index is -4.77. The van der Waals surface area contributed by atoms with Crippen molar-refractivity contribution in [2.24, 2.45) is 5.92 Å². The Bertz CT molecular complexity index is 801. The molecule has 1 amide bonds. The summed E-state index contributed by atoms with van der Waals surface area (Å²) in [7, 11) is 0. The summed E-state index contributed by atoms with van der Waals surface area (Å²) in [4.78, 5) is 19.7. The molecule has 27 heavy (non-hydrogen) atoms. The Morgan fingerprint density at radius 2 is 1.78 bits per heavy atom. The molecule has 1 aliphatic carbocycles. The summed E-state index contributed by atoms with van der Waals surface area (Å²) >= 11 is 0. The van der Waals surface area contributed by atoms with E-state index >= 15 is 0 Å². The number of alkyl halides is 5. The van der Waals surface area contributed by atoms with Gasteiger partial charge in [0.2, 0.25) is 11.8 Å². The molecular formula is C16H13F5N4O2. The van der Waals surface area contributed by atoms with Gasteiger partial charge in [-0.25, -0.2) is 13.8 Å². The van der Waals surface area contributed by atoms with Crippen LogP contribution in [-0.2, 0) is 4.79 Å². The minimum Gasteiger partial charge on any atom is -0.406 e. The molecule has 1 heterocycles. The van der Waals surface area contributed by atoms with Gasteiger partial charge in [-0.15, -0.1) is 13.2 Å². The van der Waals surface area contributed by atoms with Crippen molar-refractivity contribution in [1.82, 2.24) is 15.4 Å². The highest BCUT2D eigenvalue weighted by molar-refractivity contribution is 5.80. The lowest BCUT2D eigenvalue weighted by Crippen LogP contribution is -2.46. The van der Waals surface area contributed by atoms with Gasteiger partial charge < -0.3 is 4.74 Å². The first-order chi connectivity index (χ1) is 12.6. The van der Waals surface area contributed by atoms with Crippen molar-refractivity contribution in [2.45, 2.75) is 25.1 Å². The zero-order valence-electron chi connectivity index (χ0n) is 13.6.